The smallest absolute Gasteiger partial charge is 0.744 e. The average Bonchev–Trinajstić information content (AvgIpc) is 2.38. The molecule has 0 aliphatic carbocycles. The van der Waals surface area contributed by atoms with Crippen LogP contribution < -0.4 is 0 Å². The number of hydrogen-bond donors (Lipinski definition) is 0. The van der Waals surface area contributed by atoms with Gasteiger partial charge in [-0.25, -0.2) is 16.8 Å². The van der Waals surface area contributed by atoms with Gasteiger partial charge in [-0.3, -0.25) is 0 Å². The van der Waals surface area contributed by atoms with Gasteiger partial charge >= 0.3 is 20.4 Å². The van der Waals surface area contributed by atoms with E-state index in [0.29, 0.717) is 0 Å². The molecule has 0 saturated carbocycles. The van der Waals surface area contributed by atoms with Gasteiger partial charge in [0, 0.05) is 0 Å². The van der Waals surface area contributed by atoms with Crippen LogP contribution in [0.2, 0.25) is 0 Å². The predicted octanol–water partition coefficient (Wildman–Crippen LogP) is 1.80. The van der Waals surface area contributed by atoms with Crippen LogP contribution in [0.3, 0.4) is 0 Å². The Bertz CT molecular complexity index is 752. The zero-order valence-corrected chi connectivity index (χ0v) is 15.4. The number of hydrogen-bond acceptors (Lipinski definition) is 6. The van der Waals surface area contributed by atoms with Crippen molar-refractivity contribution >= 4 is 20.2 Å². The van der Waals surface area contributed by atoms with Crippen LogP contribution >= 0.6 is 0 Å². The van der Waals surface area contributed by atoms with Crippen LogP contribution in [-0.2, 0) is 40.7 Å². The van der Waals surface area contributed by atoms with E-state index >= 15 is 0 Å². The van der Waals surface area contributed by atoms with Gasteiger partial charge in [-0.2, -0.15) is 0 Å². The Kier molecular flexibility index (Phi) is 8.28. The fourth-order valence-electron chi connectivity index (χ4n) is 1.41. The van der Waals surface area contributed by atoms with Crippen LogP contribution in [0.5, 0.6) is 0 Å². The molecule has 0 radical (unpaired) electrons. The molecule has 2 rings (SSSR count). The SMILES string of the molecule is Cc1ccc(S(=O)(=O)[O-])cc1.Cc1ccc(S(=O)(=O)[O-])cc1.[Pd+2]. The minimum Gasteiger partial charge on any atom is -0.744 e. The molecule has 0 spiro atoms. The van der Waals surface area contributed by atoms with Gasteiger partial charge < -0.3 is 9.11 Å². The summed E-state index contributed by atoms with van der Waals surface area (Å²) in [6, 6.07) is 11.6. The minimum absolute atomic E-state index is 0. The van der Waals surface area contributed by atoms with E-state index in [1.165, 1.54) is 24.3 Å². The Labute approximate surface area is 149 Å². The van der Waals surface area contributed by atoms with E-state index in [1.807, 2.05) is 13.8 Å². The van der Waals surface area contributed by atoms with E-state index in [4.69, 9.17) is 0 Å². The Morgan fingerprint density at radius 2 is 0.826 bits per heavy atom. The Balaban J connectivity index is 0.000000403. The van der Waals surface area contributed by atoms with Gasteiger partial charge in [0.1, 0.15) is 20.2 Å². The van der Waals surface area contributed by atoms with Crippen molar-refractivity contribution in [3.8, 4) is 0 Å². The normalized spacial score (nSPS) is 11.0. The summed E-state index contributed by atoms with van der Waals surface area (Å²) in [7, 11) is -8.54. The quantitative estimate of drug-likeness (QED) is 0.511. The van der Waals surface area contributed by atoms with Crippen molar-refractivity contribution in [1.82, 2.24) is 0 Å². The maximum atomic E-state index is 10.4. The molecule has 0 heterocycles. The summed E-state index contributed by atoms with van der Waals surface area (Å²) in [5.74, 6) is 0. The summed E-state index contributed by atoms with van der Waals surface area (Å²) >= 11 is 0. The molecular weight excluding hydrogens is 435 g/mol. The topological polar surface area (TPSA) is 114 Å². The monoisotopic (exact) mass is 448 g/mol. The largest absolute Gasteiger partial charge is 2.00 e. The molecule has 23 heavy (non-hydrogen) atoms. The molecule has 0 unspecified atom stereocenters. The van der Waals surface area contributed by atoms with Crippen LogP contribution in [0, 0.1) is 13.8 Å². The summed E-state index contributed by atoms with van der Waals surface area (Å²) in [6.07, 6.45) is 0. The van der Waals surface area contributed by atoms with E-state index in [1.54, 1.807) is 24.3 Å². The zero-order chi connectivity index (χ0) is 17.0. The van der Waals surface area contributed by atoms with Crippen LogP contribution in [0.15, 0.2) is 58.3 Å². The van der Waals surface area contributed by atoms with Gasteiger partial charge in [0.2, 0.25) is 0 Å². The molecule has 0 N–H and O–H groups in total. The number of benzene rings is 2. The van der Waals surface area contributed by atoms with Crippen molar-refractivity contribution in [3.63, 3.8) is 0 Å². The van der Waals surface area contributed by atoms with Crippen LogP contribution in [0.1, 0.15) is 11.1 Å². The number of rotatable bonds is 2. The van der Waals surface area contributed by atoms with E-state index in [-0.39, 0.29) is 30.2 Å². The third-order valence-corrected chi connectivity index (χ3v) is 4.32. The van der Waals surface area contributed by atoms with Gasteiger partial charge in [-0.15, -0.1) is 0 Å². The molecule has 6 nitrogen and oxygen atoms in total. The fourth-order valence-corrected chi connectivity index (χ4v) is 2.35. The van der Waals surface area contributed by atoms with Gasteiger partial charge in [-0.05, 0) is 38.1 Å². The average molecular weight is 449 g/mol. The van der Waals surface area contributed by atoms with E-state index in [2.05, 4.69) is 0 Å². The van der Waals surface area contributed by atoms with Crippen molar-refractivity contribution in [2.45, 2.75) is 23.6 Å². The van der Waals surface area contributed by atoms with Crippen LogP contribution in [-0.4, -0.2) is 25.9 Å². The second-order valence-corrected chi connectivity index (χ2v) is 7.29. The second-order valence-electron chi connectivity index (χ2n) is 4.53. The van der Waals surface area contributed by atoms with Crippen molar-refractivity contribution in [1.29, 1.82) is 0 Å². The maximum absolute atomic E-state index is 10.4. The second kappa shape index (κ2) is 8.68. The molecule has 2 aromatic rings. The third-order valence-electron chi connectivity index (χ3n) is 2.62. The molecule has 0 atom stereocenters. The Morgan fingerprint density at radius 3 is 1.00 bits per heavy atom. The number of aryl methyl sites for hydroxylation is 2. The van der Waals surface area contributed by atoms with E-state index < -0.39 is 20.2 Å². The van der Waals surface area contributed by atoms with Crippen molar-refractivity contribution in [3.05, 3.63) is 59.7 Å². The molecule has 0 bridgehead atoms. The van der Waals surface area contributed by atoms with E-state index in [9.17, 15) is 25.9 Å². The van der Waals surface area contributed by atoms with Gasteiger partial charge in [0.25, 0.3) is 0 Å². The summed E-state index contributed by atoms with van der Waals surface area (Å²) in [6.45, 7) is 3.64. The van der Waals surface area contributed by atoms with E-state index in [0.717, 1.165) is 11.1 Å². The molecule has 0 saturated heterocycles. The summed E-state index contributed by atoms with van der Waals surface area (Å²) < 4.78 is 62.3. The first-order chi connectivity index (χ1) is 10.00. The molecule has 0 aliphatic rings. The molecule has 0 fully saturated rings. The molecule has 0 amide bonds. The standard InChI is InChI=1S/2C7H8O3S.Pd/c2*1-6-2-4-7(5-3-6)11(8,9)10;/h2*2-5H,1H3,(H,8,9,10);/q;;+2/p-2. The molecule has 2 aromatic carbocycles. The van der Waals surface area contributed by atoms with Crippen LogP contribution in [0.4, 0.5) is 0 Å². The molecule has 128 valence electrons. The molecule has 9 heteroatoms. The third kappa shape index (κ3) is 7.83. The van der Waals surface area contributed by atoms with Gasteiger partial charge in [0.05, 0.1) is 9.79 Å². The first kappa shape index (κ1) is 21.9. The first-order valence-corrected chi connectivity index (χ1v) is 8.87. The maximum Gasteiger partial charge on any atom is 2.00 e. The van der Waals surface area contributed by atoms with Gasteiger partial charge in [0.15, 0.2) is 0 Å². The first-order valence-electron chi connectivity index (χ1n) is 6.05. The fraction of sp³-hybridized carbons (Fsp3) is 0.143. The van der Waals surface area contributed by atoms with Crippen molar-refractivity contribution in [2.24, 2.45) is 0 Å². The van der Waals surface area contributed by atoms with Gasteiger partial charge in [-0.1, -0.05) is 35.4 Å². The zero-order valence-electron chi connectivity index (χ0n) is 12.2. The predicted molar refractivity (Wildman–Crippen MR) is 78.3 cm³/mol. The Morgan fingerprint density at radius 1 is 0.609 bits per heavy atom. The minimum atomic E-state index is -4.27. The summed E-state index contributed by atoms with van der Waals surface area (Å²) in [5, 5.41) is 0. The van der Waals surface area contributed by atoms with Crippen LogP contribution in [0.25, 0.3) is 0 Å². The molecule has 0 aromatic heterocycles. The summed E-state index contributed by atoms with van der Waals surface area (Å²) in [4.78, 5) is -0.355. The summed E-state index contributed by atoms with van der Waals surface area (Å²) in [5.41, 5.74) is 1.86. The van der Waals surface area contributed by atoms with Crippen molar-refractivity contribution in [2.75, 3.05) is 0 Å². The molecule has 0 aliphatic heterocycles. The van der Waals surface area contributed by atoms with Crippen molar-refractivity contribution < 1.29 is 46.4 Å². The Hall–Kier alpha value is -1.08. The molecular formula is C14H14O6PdS2.